The van der Waals surface area contributed by atoms with Gasteiger partial charge in [-0.25, -0.2) is 4.79 Å². The number of amides is 3. The van der Waals surface area contributed by atoms with Crippen molar-refractivity contribution < 1.29 is 19.1 Å². The predicted molar refractivity (Wildman–Crippen MR) is 59.0 cm³/mol. The van der Waals surface area contributed by atoms with Gasteiger partial charge in [-0.1, -0.05) is 0 Å². The fourth-order valence-corrected chi connectivity index (χ4v) is 1.68. The van der Waals surface area contributed by atoms with Gasteiger partial charge in [-0.05, 0) is 19.8 Å². The minimum Gasteiger partial charge on any atom is -0.450 e. The van der Waals surface area contributed by atoms with E-state index in [1.54, 1.807) is 11.8 Å². The van der Waals surface area contributed by atoms with E-state index < -0.39 is 11.8 Å². The van der Waals surface area contributed by atoms with Gasteiger partial charge in [-0.3, -0.25) is 9.59 Å². The molecule has 1 fully saturated rings. The van der Waals surface area contributed by atoms with Crippen LogP contribution in [0.25, 0.3) is 0 Å². The van der Waals surface area contributed by atoms with Gasteiger partial charge in [0.1, 0.15) is 0 Å². The Morgan fingerprint density at radius 1 is 1.35 bits per heavy atom. The van der Waals surface area contributed by atoms with E-state index in [-0.39, 0.29) is 12.1 Å². The number of primary amides is 1. The molecule has 1 aliphatic heterocycles. The third-order valence-corrected chi connectivity index (χ3v) is 2.58. The normalized spacial score (nSPS) is 16.4. The molecule has 0 bridgehead atoms. The monoisotopic (exact) mass is 243 g/mol. The molecule has 0 aromatic heterocycles. The minimum atomic E-state index is -0.988. The maximum absolute atomic E-state index is 11.4. The summed E-state index contributed by atoms with van der Waals surface area (Å²) in [4.78, 5) is 34.6. The molecule has 3 amide bonds. The Labute approximate surface area is 99.3 Å². The number of nitrogens with zero attached hydrogens (tertiary/aromatic N) is 1. The number of nitrogens with one attached hydrogen (secondary N) is 1. The van der Waals surface area contributed by atoms with Crippen molar-refractivity contribution in [1.82, 2.24) is 10.2 Å². The van der Waals surface area contributed by atoms with Gasteiger partial charge in [-0.2, -0.15) is 0 Å². The first kappa shape index (κ1) is 13.3. The molecule has 0 radical (unpaired) electrons. The molecule has 3 N–H and O–H groups in total. The average molecular weight is 243 g/mol. The summed E-state index contributed by atoms with van der Waals surface area (Å²) in [6, 6.07) is -0.110. The minimum absolute atomic E-state index is 0.110. The Balaban J connectivity index is 2.33. The molecule has 1 rings (SSSR count). The second-order valence-corrected chi connectivity index (χ2v) is 3.80. The van der Waals surface area contributed by atoms with Gasteiger partial charge in [0, 0.05) is 19.1 Å². The highest BCUT2D eigenvalue weighted by atomic mass is 16.6. The molecule has 17 heavy (non-hydrogen) atoms. The molecule has 1 aliphatic rings. The highest BCUT2D eigenvalue weighted by Gasteiger charge is 2.25. The maximum atomic E-state index is 11.4. The molecule has 0 spiro atoms. The summed E-state index contributed by atoms with van der Waals surface area (Å²) in [7, 11) is 0. The Morgan fingerprint density at radius 2 is 1.94 bits per heavy atom. The second-order valence-electron chi connectivity index (χ2n) is 3.80. The fraction of sp³-hybridized carbons (Fsp3) is 0.700. The van der Waals surface area contributed by atoms with Gasteiger partial charge in [0.2, 0.25) is 0 Å². The number of nitrogens with two attached hydrogens (primary N) is 1. The van der Waals surface area contributed by atoms with Crippen molar-refractivity contribution >= 4 is 17.9 Å². The number of ether oxygens (including phenoxy) is 1. The summed E-state index contributed by atoms with van der Waals surface area (Å²) in [6.45, 7) is 3.10. The zero-order valence-electron chi connectivity index (χ0n) is 9.77. The summed E-state index contributed by atoms with van der Waals surface area (Å²) in [5.41, 5.74) is 4.83. The zero-order valence-corrected chi connectivity index (χ0v) is 9.77. The number of likely N-dealkylation sites (tertiary alicyclic amines) is 1. The topological polar surface area (TPSA) is 102 Å². The standard InChI is InChI=1S/C10H17N3O4/c1-2-17-10(16)13-5-3-7(4-6-13)12-9(15)8(11)14/h7H,2-6H2,1H3,(H2,11,14)(H,12,15). The number of hydrogen-bond donors (Lipinski definition) is 2. The van der Waals surface area contributed by atoms with Crippen LogP contribution >= 0.6 is 0 Å². The predicted octanol–water partition coefficient (Wildman–Crippen LogP) is -0.791. The van der Waals surface area contributed by atoms with Crippen molar-refractivity contribution in [1.29, 1.82) is 0 Å². The zero-order chi connectivity index (χ0) is 12.8. The molecule has 0 aromatic carbocycles. The molecule has 96 valence electrons. The first-order valence-electron chi connectivity index (χ1n) is 5.56. The Hall–Kier alpha value is -1.79. The van der Waals surface area contributed by atoms with Gasteiger partial charge < -0.3 is 20.7 Å². The number of carbonyl (C=O) groups excluding carboxylic acids is 3. The third-order valence-electron chi connectivity index (χ3n) is 2.58. The van der Waals surface area contributed by atoms with E-state index in [1.165, 1.54) is 0 Å². The Morgan fingerprint density at radius 3 is 2.41 bits per heavy atom. The number of rotatable bonds is 2. The molecule has 7 heteroatoms. The Kier molecular flexibility index (Phi) is 4.74. The SMILES string of the molecule is CCOC(=O)N1CCC(NC(=O)C(N)=O)CC1. The summed E-state index contributed by atoms with van der Waals surface area (Å²) >= 11 is 0. The van der Waals surface area contributed by atoms with E-state index in [0.29, 0.717) is 32.5 Å². The molecule has 0 unspecified atom stereocenters. The number of hydrogen-bond acceptors (Lipinski definition) is 4. The van der Waals surface area contributed by atoms with Crippen molar-refractivity contribution in [3.05, 3.63) is 0 Å². The lowest BCUT2D eigenvalue weighted by atomic mass is 10.1. The fourth-order valence-electron chi connectivity index (χ4n) is 1.68. The Bertz CT molecular complexity index is 311. The van der Waals surface area contributed by atoms with Crippen molar-refractivity contribution in [3.8, 4) is 0 Å². The van der Waals surface area contributed by atoms with Crippen LogP contribution in [-0.2, 0) is 14.3 Å². The van der Waals surface area contributed by atoms with Gasteiger partial charge in [0.15, 0.2) is 0 Å². The third kappa shape index (κ3) is 3.93. The van der Waals surface area contributed by atoms with E-state index in [0.717, 1.165) is 0 Å². The van der Waals surface area contributed by atoms with Crippen LogP contribution in [0.1, 0.15) is 19.8 Å². The van der Waals surface area contributed by atoms with Crippen LogP contribution in [0.5, 0.6) is 0 Å². The quantitative estimate of drug-likeness (QED) is 0.620. The van der Waals surface area contributed by atoms with Crippen molar-refractivity contribution in [2.75, 3.05) is 19.7 Å². The largest absolute Gasteiger partial charge is 0.450 e. The van der Waals surface area contributed by atoms with Gasteiger partial charge in [0.05, 0.1) is 6.61 Å². The maximum Gasteiger partial charge on any atom is 0.409 e. The first-order valence-corrected chi connectivity index (χ1v) is 5.56. The van der Waals surface area contributed by atoms with Crippen LogP contribution in [0.2, 0.25) is 0 Å². The lowest BCUT2D eigenvalue weighted by Crippen LogP contribution is -2.49. The van der Waals surface area contributed by atoms with Crippen molar-refractivity contribution in [2.45, 2.75) is 25.8 Å². The van der Waals surface area contributed by atoms with Crippen LogP contribution in [0.15, 0.2) is 0 Å². The first-order chi connectivity index (χ1) is 8.04. The molecule has 1 heterocycles. The highest BCUT2D eigenvalue weighted by Crippen LogP contribution is 2.11. The van der Waals surface area contributed by atoms with Crippen molar-refractivity contribution in [3.63, 3.8) is 0 Å². The number of carbonyl (C=O) groups is 3. The average Bonchev–Trinajstić information content (AvgIpc) is 2.30. The summed E-state index contributed by atoms with van der Waals surface area (Å²) in [6.07, 6.45) is 0.850. The van der Waals surface area contributed by atoms with Gasteiger partial charge >= 0.3 is 17.9 Å². The summed E-state index contributed by atoms with van der Waals surface area (Å²) < 4.78 is 4.86. The van der Waals surface area contributed by atoms with Gasteiger partial charge in [0.25, 0.3) is 0 Å². The molecule has 0 saturated carbocycles. The van der Waals surface area contributed by atoms with E-state index in [9.17, 15) is 14.4 Å². The summed E-state index contributed by atoms with van der Waals surface area (Å²) in [5, 5.41) is 2.52. The lowest BCUT2D eigenvalue weighted by molar-refractivity contribution is -0.137. The molecule has 0 atom stereocenters. The lowest BCUT2D eigenvalue weighted by Gasteiger charge is -2.31. The smallest absolute Gasteiger partial charge is 0.409 e. The van der Waals surface area contributed by atoms with Crippen LogP contribution in [-0.4, -0.2) is 48.5 Å². The molecular weight excluding hydrogens is 226 g/mol. The van der Waals surface area contributed by atoms with E-state index >= 15 is 0 Å². The molecule has 1 saturated heterocycles. The number of piperidine rings is 1. The molecule has 7 nitrogen and oxygen atoms in total. The molecule has 0 aromatic rings. The second kappa shape index (κ2) is 6.07. The van der Waals surface area contributed by atoms with Crippen LogP contribution in [0.3, 0.4) is 0 Å². The molecular formula is C10H17N3O4. The van der Waals surface area contributed by atoms with Crippen LogP contribution in [0.4, 0.5) is 4.79 Å². The van der Waals surface area contributed by atoms with E-state index in [2.05, 4.69) is 5.32 Å². The van der Waals surface area contributed by atoms with Crippen LogP contribution < -0.4 is 11.1 Å². The van der Waals surface area contributed by atoms with E-state index in [4.69, 9.17) is 10.5 Å². The highest BCUT2D eigenvalue weighted by molar-refractivity contribution is 6.34. The van der Waals surface area contributed by atoms with Gasteiger partial charge in [-0.15, -0.1) is 0 Å². The van der Waals surface area contributed by atoms with E-state index in [1.807, 2.05) is 0 Å². The molecule has 0 aliphatic carbocycles. The summed E-state index contributed by atoms with van der Waals surface area (Å²) in [5.74, 6) is -1.77. The van der Waals surface area contributed by atoms with Crippen molar-refractivity contribution in [2.24, 2.45) is 5.73 Å². The van der Waals surface area contributed by atoms with Crippen LogP contribution in [0, 0.1) is 0 Å².